The predicted molar refractivity (Wildman–Crippen MR) is 133 cm³/mol. The van der Waals surface area contributed by atoms with E-state index in [0.717, 1.165) is 11.1 Å². The van der Waals surface area contributed by atoms with Crippen LogP contribution in [0.1, 0.15) is 5.56 Å². The van der Waals surface area contributed by atoms with Gasteiger partial charge in [-0.3, -0.25) is 0 Å². The molecule has 1 N–H and O–H groups in total. The van der Waals surface area contributed by atoms with E-state index in [9.17, 15) is 8.42 Å². The number of rotatable bonds is 11. The Balaban J connectivity index is 1.62. The molecule has 0 atom stereocenters. The highest BCUT2D eigenvalue weighted by atomic mass is 32.2. The second kappa shape index (κ2) is 11.6. The summed E-state index contributed by atoms with van der Waals surface area (Å²) in [5.41, 5.74) is 2.26. The number of benzene rings is 3. The molecule has 0 bridgehead atoms. The Labute approximate surface area is 204 Å². The molecule has 0 aliphatic carbocycles. The average molecular weight is 492 g/mol. The maximum absolute atomic E-state index is 12.9. The molecular weight excluding hydrogens is 466 g/mol. The molecule has 0 aliphatic rings. The van der Waals surface area contributed by atoms with Gasteiger partial charge in [-0.05, 0) is 29.8 Å². The van der Waals surface area contributed by atoms with Crippen molar-refractivity contribution >= 4 is 16.0 Å². The molecule has 0 fully saturated rings. The van der Waals surface area contributed by atoms with E-state index in [0.29, 0.717) is 31.3 Å². The van der Waals surface area contributed by atoms with Crippen molar-refractivity contribution in [2.24, 2.45) is 0 Å². The zero-order chi connectivity index (χ0) is 24.5. The summed E-state index contributed by atoms with van der Waals surface area (Å²) in [5.74, 6) is 0.681. The van der Waals surface area contributed by atoms with E-state index in [2.05, 4.69) is 14.7 Å². The highest BCUT2D eigenvalue weighted by molar-refractivity contribution is 7.92. The summed E-state index contributed by atoms with van der Waals surface area (Å²) in [4.78, 5) is 8.84. The Hall–Kier alpha value is -3.79. The summed E-state index contributed by atoms with van der Waals surface area (Å²) >= 11 is 0. The number of aromatic nitrogens is 2. The van der Waals surface area contributed by atoms with Gasteiger partial charge in [0.25, 0.3) is 10.0 Å². The first-order chi connectivity index (χ1) is 17.0. The second-order valence-corrected chi connectivity index (χ2v) is 9.17. The van der Waals surface area contributed by atoms with Gasteiger partial charge in [-0.15, -0.1) is 0 Å². The number of sulfonamides is 1. The third kappa shape index (κ3) is 6.86. The zero-order valence-corrected chi connectivity index (χ0v) is 19.9. The summed E-state index contributed by atoms with van der Waals surface area (Å²) in [7, 11) is -2.25. The highest BCUT2D eigenvalue weighted by Gasteiger charge is 2.17. The lowest BCUT2D eigenvalue weighted by Gasteiger charge is -2.12. The molecule has 1 aromatic heterocycles. The lowest BCUT2D eigenvalue weighted by atomic mass is 10.1. The third-order valence-electron chi connectivity index (χ3n) is 4.90. The summed E-state index contributed by atoms with van der Waals surface area (Å²) < 4.78 is 44.6. The first-order valence-electron chi connectivity index (χ1n) is 10.9. The van der Waals surface area contributed by atoms with E-state index < -0.39 is 10.0 Å². The van der Waals surface area contributed by atoms with Gasteiger partial charge in [-0.25, -0.2) is 18.1 Å². The largest absolute Gasteiger partial charge is 0.439 e. The van der Waals surface area contributed by atoms with Gasteiger partial charge in [0, 0.05) is 18.7 Å². The van der Waals surface area contributed by atoms with Crippen LogP contribution in [-0.2, 0) is 26.1 Å². The zero-order valence-electron chi connectivity index (χ0n) is 19.1. The Morgan fingerprint density at radius 1 is 0.829 bits per heavy atom. The number of hydrogen-bond acceptors (Lipinski definition) is 7. The molecule has 4 aromatic rings. The SMILES string of the molecule is COCCOCc1ccc(-c2cc(Oc3ccccc3)nc(NS(=O)(=O)c3ccccc3)n2)cc1. The van der Waals surface area contributed by atoms with E-state index in [1.165, 1.54) is 12.1 Å². The van der Waals surface area contributed by atoms with Gasteiger partial charge in [-0.2, -0.15) is 4.98 Å². The lowest BCUT2D eigenvalue weighted by molar-refractivity contribution is 0.0617. The first-order valence-corrected chi connectivity index (χ1v) is 12.4. The van der Waals surface area contributed by atoms with Gasteiger partial charge in [0.1, 0.15) is 5.75 Å². The minimum atomic E-state index is -3.88. The number of ether oxygens (including phenoxy) is 3. The van der Waals surface area contributed by atoms with E-state index in [1.807, 2.05) is 42.5 Å². The molecule has 9 heteroatoms. The van der Waals surface area contributed by atoms with Gasteiger partial charge in [0.05, 0.1) is 30.4 Å². The summed E-state index contributed by atoms with van der Waals surface area (Å²) in [5, 5.41) is 0. The predicted octanol–water partition coefficient (Wildman–Crippen LogP) is 4.90. The molecule has 3 aromatic carbocycles. The number of nitrogens with one attached hydrogen (secondary N) is 1. The van der Waals surface area contributed by atoms with Crippen molar-refractivity contribution in [2.75, 3.05) is 25.0 Å². The molecule has 0 unspecified atom stereocenters. The summed E-state index contributed by atoms with van der Waals surface area (Å²) in [6, 6.07) is 26.5. The minimum Gasteiger partial charge on any atom is -0.439 e. The summed E-state index contributed by atoms with van der Waals surface area (Å²) in [6.45, 7) is 1.50. The summed E-state index contributed by atoms with van der Waals surface area (Å²) in [6.07, 6.45) is 0. The smallest absolute Gasteiger partial charge is 0.264 e. The maximum Gasteiger partial charge on any atom is 0.264 e. The van der Waals surface area contributed by atoms with Crippen molar-refractivity contribution < 1.29 is 22.6 Å². The normalized spacial score (nSPS) is 11.2. The molecule has 4 rings (SSSR count). The Kier molecular flexibility index (Phi) is 8.04. The van der Waals surface area contributed by atoms with Gasteiger partial charge in [-0.1, -0.05) is 60.7 Å². The standard InChI is InChI=1S/C26H25N3O5S/c1-32-16-17-33-19-20-12-14-21(15-13-20)24-18-25(34-22-8-4-2-5-9-22)28-26(27-24)29-35(30,31)23-10-6-3-7-11-23/h2-15,18H,16-17,19H2,1H3,(H,27,28,29). The first kappa shape index (κ1) is 24.3. The molecule has 180 valence electrons. The average Bonchev–Trinajstić information content (AvgIpc) is 2.88. The van der Waals surface area contributed by atoms with Crippen LogP contribution in [0.4, 0.5) is 5.95 Å². The third-order valence-corrected chi connectivity index (χ3v) is 6.24. The van der Waals surface area contributed by atoms with Crippen LogP contribution in [0, 0.1) is 0 Å². The van der Waals surface area contributed by atoms with E-state index in [4.69, 9.17) is 14.2 Å². The Morgan fingerprint density at radius 3 is 2.20 bits per heavy atom. The van der Waals surface area contributed by atoms with Gasteiger partial charge < -0.3 is 14.2 Å². The van der Waals surface area contributed by atoms with E-state index in [1.54, 1.807) is 43.5 Å². The molecule has 35 heavy (non-hydrogen) atoms. The Morgan fingerprint density at radius 2 is 1.51 bits per heavy atom. The van der Waals surface area contributed by atoms with E-state index in [-0.39, 0.29) is 16.7 Å². The fraction of sp³-hybridized carbons (Fsp3) is 0.154. The number of anilines is 1. The second-order valence-electron chi connectivity index (χ2n) is 7.49. The fourth-order valence-corrected chi connectivity index (χ4v) is 4.13. The van der Waals surface area contributed by atoms with Crippen LogP contribution in [-0.4, -0.2) is 38.7 Å². The molecular formula is C26H25N3O5S. The maximum atomic E-state index is 12.9. The van der Waals surface area contributed by atoms with Crippen molar-refractivity contribution in [1.29, 1.82) is 0 Å². The van der Waals surface area contributed by atoms with Gasteiger partial charge in [0.15, 0.2) is 0 Å². The Bertz CT molecular complexity index is 1330. The minimum absolute atomic E-state index is 0.0933. The fourth-order valence-electron chi connectivity index (χ4n) is 3.16. The number of nitrogens with zero attached hydrogens (tertiary/aromatic N) is 2. The topological polar surface area (TPSA) is 99.6 Å². The molecule has 0 spiro atoms. The molecule has 0 saturated carbocycles. The van der Waals surface area contributed by atoms with Crippen molar-refractivity contribution in [3.8, 4) is 22.9 Å². The van der Waals surface area contributed by atoms with Gasteiger partial charge >= 0.3 is 0 Å². The van der Waals surface area contributed by atoms with Crippen LogP contribution in [0.2, 0.25) is 0 Å². The van der Waals surface area contributed by atoms with Crippen molar-refractivity contribution in [1.82, 2.24) is 9.97 Å². The van der Waals surface area contributed by atoms with Crippen molar-refractivity contribution in [2.45, 2.75) is 11.5 Å². The van der Waals surface area contributed by atoms with Crippen molar-refractivity contribution in [3.63, 3.8) is 0 Å². The number of methoxy groups -OCH3 is 1. The molecule has 0 aliphatic heterocycles. The van der Waals surface area contributed by atoms with Crippen LogP contribution in [0.25, 0.3) is 11.3 Å². The van der Waals surface area contributed by atoms with Crippen LogP contribution in [0.5, 0.6) is 11.6 Å². The molecule has 0 radical (unpaired) electrons. The van der Waals surface area contributed by atoms with Crippen LogP contribution in [0.3, 0.4) is 0 Å². The quantitative estimate of drug-likeness (QED) is 0.298. The molecule has 8 nitrogen and oxygen atoms in total. The molecule has 0 amide bonds. The van der Waals surface area contributed by atoms with Crippen LogP contribution >= 0.6 is 0 Å². The van der Waals surface area contributed by atoms with Crippen LogP contribution in [0.15, 0.2) is 95.9 Å². The van der Waals surface area contributed by atoms with Crippen LogP contribution < -0.4 is 9.46 Å². The molecule has 1 heterocycles. The number of para-hydroxylation sites is 1. The lowest BCUT2D eigenvalue weighted by Crippen LogP contribution is -2.15. The molecule has 0 saturated heterocycles. The monoisotopic (exact) mass is 491 g/mol. The van der Waals surface area contributed by atoms with Crippen molar-refractivity contribution in [3.05, 3.63) is 96.6 Å². The van der Waals surface area contributed by atoms with E-state index >= 15 is 0 Å². The highest BCUT2D eigenvalue weighted by Crippen LogP contribution is 2.27. The number of hydrogen-bond donors (Lipinski definition) is 1. The van der Waals surface area contributed by atoms with Gasteiger partial charge in [0.2, 0.25) is 11.8 Å².